The van der Waals surface area contributed by atoms with Crippen LogP contribution in [0.15, 0.2) is 53.0 Å². The van der Waals surface area contributed by atoms with Crippen LogP contribution in [0.2, 0.25) is 5.02 Å². The van der Waals surface area contributed by atoms with Crippen molar-refractivity contribution in [2.45, 2.75) is 0 Å². The fourth-order valence-electron chi connectivity index (χ4n) is 2.15. The monoisotopic (exact) mass is 348 g/mol. The molecule has 4 heteroatoms. The molecule has 3 rings (SSSR count). The van der Waals surface area contributed by atoms with Crippen LogP contribution in [0.5, 0.6) is 11.5 Å². The van der Waals surface area contributed by atoms with Crippen LogP contribution in [-0.2, 0) is 0 Å². The van der Waals surface area contributed by atoms with Crippen molar-refractivity contribution < 1.29 is 10.2 Å². The van der Waals surface area contributed by atoms with Crippen LogP contribution in [0, 0.1) is 0 Å². The minimum Gasteiger partial charge on any atom is -0.508 e. The molecule has 0 fully saturated rings. The maximum Gasteiger partial charge on any atom is 0.130 e. The highest BCUT2D eigenvalue weighted by Crippen LogP contribution is 2.36. The normalized spacial score (nSPS) is 10.9. The largest absolute Gasteiger partial charge is 0.508 e. The van der Waals surface area contributed by atoms with Crippen LogP contribution < -0.4 is 0 Å². The molecule has 0 aliphatic carbocycles. The summed E-state index contributed by atoms with van der Waals surface area (Å²) < 4.78 is 0.629. The fourth-order valence-corrected chi connectivity index (χ4v) is 2.79. The molecule has 0 unspecified atom stereocenters. The number of phenolic OH excluding ortho intramolecular Hbond substituents is 2. The summed E-state index contributed by atoms with van der Waals surface area (Å²) in [4.78, 5) is 0. The van der Waals surface area contributed by atoms with E-state index in [4.69, 9.17) is 11.6 Å². The molecule has 0 heterocycles. The predicted molar refractivity (Wildman–Crippen MR) is 85.4 cm³/mol. The Morgan fingerprint density at radius 3 is 2.25 bits per heavy atom. The third-order valence-electron chi connectivity index (χ3n) is 3.17. The molecule has 2 nitrogen and oxygen atoms in total. The Kier molecular flexibility index (Phi) is 3.32. The van der Waals surface area contributed by atoms with Crippen molar-refractivity contribution in [3.8, 4) is 22.6 Å². The summed E-state index contributed by atoms with van der Waals surface area (Å²) in [5.41, 5.74) is 1.93. The zero-order valence-electron chi connectivity index (χ0n) is 10.3. The first kappa shape index (κ1) is 13.3. The summed E-state index contributed by atoms with van der Waals surface area (Å²) in [7, 11) is 0. The van der Waals surface area contributed by atoms with Crippen LogP contribution >= 0.6 is 27.5 Å². The Balaban J connectivity index is 2.23. The Morgan fingerprint density at radius 2 is 1.55 bits per heavy atom. The summed E-state index contributed by atoms with van der Waals surface area (Å²) in [5, 5.41) is 21.4. The third kappa shape index (κ3) is 2.35. The van der Waals surface area contributed by atoms with Gasteiger partial charge >= 0.3 is 0 Å². The summed E-state index contributed by atoms with van der Waals surface area (Å²) in [6.45, 7) is 0. The molecule has 0 atom stereocenters. The lowest BCUT2D eigenvalue weighted by molar-refractivity contribution is 0.472. The van der Waals surface area contributed by atoms with Crippen molar-refractivity contribution >= 4 is 38.3 Å². The molecule has 3 aromatic rings. The number of rotatable bonds is 1. The SMILES string of the molecule is Oc1ccc(-c2cc(Cl)c3cc(O)c(Br)cc3c2)cc1. The maximum atomic E-state index is 9.73. The molecular weight excluding hydrogens is 340 g/mol. The number of halogens is 2. The second-order valence-electron chi connectivity index (χ2n) is 4.53. The Morgan fingerprint density at radius 1 is 0.850 bits per heavy atom. The molecular formula is C16H10BrClO2. The molecule has 0 saturated heterocycles. The van der Waals surface area contributed by atoms with Gasteiger partial charge in [-0.05, 0) is 68.8 Å². The molecule has 0 radical (unpaired) electrons. The van der Waals surface area contributed by atoms with E-state index in [-0.39, 0.29) is 11.5 Å². The van der Waals surface area contributed by atoms with Crippen LogP contribution in [0.25, 0.3) is 21.9 Å². The van der Waals surface area contributed by atoms with Crippen LogP contribution in [0.1, 0.15) is 0 Å². The summed E-state index contributed by atoms with van der Waals surface area (Å²) in [6.07, 6.45) is 0. The topological polar surface area (TPSA) is 40.5 Å². The molecule has 0 spiro atoms. The van der Waals surface area contributed by atoms with Crippen LogP contribution in [0.3, 0.4) is 0 Å². The van der Waals surface area contributed by atoms with E-state index in [1.807, 2.05) is 30.3 Å². The molecule has 0 saturated carbocycles. The molecule has 0 aliphatic rings. The van der Waals surface area contributed by atoms with Crippen molar-refractivity contribution in [1.29, 1.82) is 0 Å². The van der Waals surface area contributed by atoms with Gasteiger partial charge in [-0.2, -0.15) is 0 Å². The lowest BCUT2D eigenvalue weighted by Crippen LogP contribution is -1.82. The van der Waals surface area contributed by atoms with E-state index in [9.17, 15) is 10.2 Å². The standard InChI is InChI=1S/C16H10BrClO2/c17-14-6-11-5-10(9-1-3-12(19)4-2-9)7-15(18)13(11)8-16(14)20/h1-8,19-20H. The average Bonchev–Trinajstić information content (AvgIpc) is 2.42. The second kappa shape index (κ2) is 5.00. The van der Waals surface area contributed by atoms with E-state index in [1.165, 1.54) is 0 Å². The van der Waals surface area contributed by atoms with Gasteiger partial charge in [0, 0.05) is 10.4 Å². The van der Waals surface area contributed by atoms with Crippen molar-refractivity contribution in [3.05, 3.63) is 58.0 Å². The Labute approximate surface area is 129 Å². The highest BCUT2D eigenvalue weighted by atomic mass is 79.9. The van der Waals surface area contributed by atoms with Crippen molar-refractivity contribution in [2.75, 3.05) is 0 Å². The number of hydrogen-bond donors (Lipinski definition) is 2. The van der Waals surface area contributed by atoms with Gasteiger partial charge in [0.15, 0.2) is 0 Å². The summed E-state index contributed by atoms with van der Waals surface area (Å²) >= 11 is 9.60. The fraction of sp³-hybridized carbons (Fsp3) is 0. The number of benzene rings is 3. The number of hydrogen-bond acceptors (Lipinski definition) is 2. The minimum atomic E-state index is 0.164. The van der Waals surface area contributed by atoms with Gasteiger partial charge in [0.2, 0.25) is 0 Å². The summed E-state index contributed by atoms with van der Waals surface area (Å²) in [6, 6.07) is 14.3. The predicted octanol–water partition coefficient (Wildman–Crippen LogP) is 5.33. The van der Waals surface area contributed by atoms with E-state index in [1.54, 1.807) is 18.2 Å². The van der Waals surface area contributed by atoms with Gasteiger partial charge in [0.1, 0.15) is 11.5 Å². The molecule has 100 valence electrons. The van der Waals surface area contributed by atoms with E-state index < -0.39 is 0 Å². The number of fused-ring (bicyclic) bond motifs is 1. The molecule has 3 aromatic carbocycles. The minimum absolute atomic E-state index is 0.164. The second-order valence-corrected chi connectivity index (χ2v) is 5.79. The van der Waals surface area contributed by atoms with E-state index >= 15 is 0 Å². The first-order valence-electron chi connectivity index (χ1n) is 5.96. The first-order chi connectivity index (χ1) is 9.54. The smallest absolute Gasteiger partial charge is 0.130 e. The lowest BCUT2D eigenvalue weighted by Gasteiger charge is -2.08. The molecule has 20 heavy (non-hydrogen) atoms. The molecule has 0 amide bonds. The highest BCUT2D eigenvalue weighted by Gasteiger charge is 2.08. The molecule has 2 N–H and O–H groups in total. The van der Waals surface area contributed by atoms with Gasteiger partial charge in [-0.15, -0.1) is 0 Å². The van der Waals surface area contributed by atoms with E-state index in [0.717, 1.165) is 21.9 Å². The van der Waals surface area contributed by atoms with Crippen molar-refractivity contribution in [1.82, 2.24) is 0 Å². The maximum absolute atomic E-state index is 9.73. The van der Waals surface area contributed by atoms with Gasteiger partial charge in [-0.25, -0.2) is 0 Å². The zero-order valence-corrected chi connectivity index (χ0v) is 12.6. The van der Waals surface area contributed by atoms with Crippen molar-refractivity contribution in [3.63, 3.8) is 0 Å². The highest BCUT2D eigenvalue weighted by molar-refractivity contribution is 9.10. The molecule has 0 aliphatic heterocycles. The van der Waals surface area contributed by atoms with Crippen LogP contribution in [0.4, 0.5) is 0 Å². The average molecular weight is 350 g/mol. The van der Waals surface area contributed by atoms with Crippen LogP contribution in [-0.4, -0.2) is 10.2 Å². The lowest BCUT2D eigenvalue weighted by atomic mass is 10.0. The van der Waals surface area contributed by atoms with Crippen molar-refractivity contribution in [2.24, 2.45) is 0 Å². The van der Waals surface area contributed by atoms with Gasteiger partial charge in [-0.3, -0.25) is 0 Å². The van der Waals surface area contributed by atoms with E-state index in [2.05, 4.69) is 15.9 Å². The van der Waals surface area contributed by atoms with Gasteiger partial charge in [0.25, 0.3) is 0 Å². The summed E-state index contributed by atoms with van der Waals surface area (Å²) in [5.74, 6) is 0.394. The number of phenols is 2. The first-order valence-corrected chi connectivity index (χ1v) is 7.13. The third-order valence-corrected chi connectivity index (χ3v) is 4.12. The Hall–Kier alpha value is -1.71. The Bertz CT molecular complexity index is 798. The van der Waals surface area contributed by atoms with Gasteiger partial charge < -0.3 is 10.2 Å². The zero-order chi connectivity index (χ0) is 14.3. The molecule has 0 bridgehead atoms. The van der Waals surface area contributed by atoms with Gasteiger partial charge in [-0.1, -0.05) is 23.7 Å². The quantitative estimate of drug-likeness (QED) is 0.623. The van der Waals surface area contributed by atoms with Gasteiger partial charge in [0.05, 0.1) is 4.47 Å². The van der Waals surface area contributed by atoms with E-state index in [0.29, 0.717) is 9.50 Å². The molecule has 0 aromatic heterocycles. The number of aromatic hydroxyl groups is 2.